The number of nitrogens with zero attached hydrogens (tertiary/aromatic N) is 3. The van der Waals surface area contributed by atoms with Crippen molar-refractivity contribution in [1.82, 2.24) is 20.6 Å². The second-order valence-corrected chi connectivity index (χ2v) is 7.94. The van der Waals surface area contributed by atoms with Crippen LogP contribution in [0.25, 0.3) is 11.4 Å². The van der Waals surface area contributed by atoms with Gasteiger partial charge in [-0.3, -0.25) is 0 Å². The SMILES string of the molecule is CCCCCCCCS(=O)(=O)Cc1ccccc1-c1nn[nH]n1. The van der Waals surface area contributed by atoms with E-state index in [9.17, 15) is 8.42 Å². The fourth-order valence-corrected chi connectivity index (χ4v) is 4.07. The van der Waals surface area contributed by atoms with E-state index in [2.05, 4.69) is 27.5 Å². The topological polar surface area (TPSA) is 88.6 Å². The van der Waals surface area contributed by atoms with Gasteiger partial charge in [0.05, 0.1) is 11.5 Å². The summed E-state index contributed by atoms with van der Waals surface area (Å²) in [6.45, 7) is 2.17. The number of aromatic nitrogens is 4. The highest BCUT2D eigenvalue weighted by Crippen LogP contribution is 2.21. The predicted molar refractivity (Wildman–Crippen MR) is 90.5 cm³/mol. The number of H-pyrrole nitrogens is 1. The molecule has 1 aromatic heterocycles. The lowest BCUT2D eigenvalue weighted by molar-refractivity contribution is 0.583. The molecule has 0 radical (unpaired) electrons. The zero-order chi connectivity index (χ0) is 16.5. The van der Waals surface area contributed by atoms with Gasteiger partial charge in [-0.25, -0.2) is 8.42 Å². The quantitative estimate of drug-likeness (QED) is 0.673. The van der Waals surface area contributed by atoms with Gasteiger partial charge in [-0.05, 0) is 17.2 Å². The number of aromatic amines is 1. The first-order chi connectivity index (χ1) is 11.1. The average molecular weight is 336 g/mol. The fraction of sp³-hybridized carbons (Fsp3) is 0.562. The summed E-state index contributed by atoms with van der Waals surface area (Å²) in [6, 6.07) is 7.31. The molecule has 2 aromatic rings. The minimum Gasteiger partial charge on any atom is -0.228 e. The first-order valence-electron chi connectivity index (χ1n) is 8.14. The number of hydrogen-bond acceptors (Lipinski definition) is 5. The van der Waals surface area contributed by atoms with Crippen molar-refractivity contribution < 1.29 is 8.42 Å². The van der Waals surface area contributed by atoms with Crippen LogP contribution < -0.4 is 0 Å². The molecule has 0 saturated carbocycles. The molecule has 1 N–H and O–H groups in total. The average Bonchev–Trinajstić information content (AvgIpc) is 3.05. The molecule has 7 heteroatoms. The first-order valence-corrected chi connectivity index (χ1v) is 9.96. The summed E-state index contributed by atoms with van der Waals surface area (Å²) in [7, 11) is -3.13. The Bertz CT molecular complexity index is 684. The Morgan fingerprint density at radius 3 is 2.52 bits per heavy atom. The Kier molecular flexibility index (Phi) is 6.70. The van der Waals surface area contributed by atoms with Gasteiger partial charge in [-0.1, -0.05) is 63.3 Å². The molecule has 1 heterocycles. The van der Waals surface area contributed by atoms with Gasteiger partial charge in [0.15, 0.2) is 9.84 Å². The number of sulfone groups is 1. The highest BCUT2D eigenvalue weighted by atomic mass is 32.2. The summed E-state index contributed by atoms with van der Waals surface area (Å²) in [5, 5.41) is 13.8. The van der Waals surface area contributed by atoms with E-state index < -0.39 is 9.84 Å². The summed E-state index contributed by atoms with van der Waals surface area (Å²) in [5.41, 5.74) is 1.44. The molecular weight excluding hydrogens is 312 g/mol. The van der Waals surface area contributed by atoms with Crippen LogP contribution in [0, 0.1) is 0 Å². The summed E-state index contributed by atoms with van der Waals surface area (Å²) >= 11 is 0. The van der Waals surface area contributed by atoms with E-state index in [0.29, 0.717) is 11.4 Å². The highest BCUT2D eigenvalue weighted by Gasteiger charge is 2.16. The Hall–Kier alpha value is -1.76. The molecule has 0 spiro atoms. The maximum absolute atomic E-state index is 12.3. The van der Waals surface area contributed by atoms with Gasteiger partial charge in [-0.2, -0.15) is 5.21 Å². The van der Waals surface area contributed by atoms with Gasteiger partial charge in [0.25, 0.3) is 0 Å². The third-order valence-corrected chi connectivity index (χ3v) is 5.45. The molecule has 0 aliphatic carbocycles. The van der Waals surface area contributed by atoms with E-state index in [1.54, 1.807) is 0 Å². The lowest BCUT2D eigenvalue weighted by Gasteiger charge is -2.08. The van der Waals surface area contributed by atoms with Crippen molar-refractivity contribution in [3.63, 3.8) is 0 Å². The van der Waals surface area contributed by atoms with E-state index in [1.807, 2.05) is 24.3 Å². The molecule has 0 bridgehead atoms. The smallest absolute Gasteiger partial charge is 0.204 e. The van der Waals surface area contributed by atoms with Gasteiger partial charge in [-0.15, -0.1) is 10.2 Å². The summed E-state index contributed by atoms with van der Waals surface area (Å²) in [5.74, 6) is 0.683. The van der Waals surface area contributed by atoms with Crippen molar-refractivity contribution in [2.45, 2.75) is 51.2 Å². The van der Waals surface area contributed by atoms with Crippen molar-refractivity contribution in [1.29, 1.82) is 0 Å². The molecule has 23 heavy (non-hydrogen) atoms. The van der Waals surface area contributed by atoms with Crippen LogP contribution in [0.4, 0.5) is 0 Å². The number of hydrogen-bond donors (Lipinski definition) is 1. The molecule has 2 rings (SSSR count). The largest absolute Gasteiger partial charge is 0.228 e. The van der Waals surface area contributed by atoms with Crippen LogP contribution in [-0.2, 0) is 15.6 Å². The molecular formula is C16H24N4O2S. The second kappa shape index (κ2) is 8.76. The van der Waals surface area contributed by atoms with E-state index in [1.165, 1.54) is 19.3 Å². The Morgan fingerprint density at radius 2 is 1.78 bits per heavy atom. The zero-order valence-corrected chi connectivity index (χ0v) is 14.3. The van der Waals surface area contributed by atoms with Crippen molar-refractivity contribution in [2.75, 3.05) is 5.75 Å². The van der Waals surface area contributed by atoms with Crippen LogP contribution in [0.2, 0.25) is 0 Å². The number of benzene rings is 1. The van der Waals surface area contributed by atoms with Gasteiger partial charge < -0.3 is 0 Å². The van der Waals surface area contributed by atoms with Crippen LogP contribution in [-0.4, -0.2) is 34.8 Å². The van der Waals surface area contributed by atoms with E-state index >= 15 is 0 Å². The Morgan fingerprint density at radius 1 is 1.04 bits per heavy atom. The molecule has 0 saturated heterocycles. The molecule has 0 amide bonds. The fourth-order valence-electron chi connectivity index (χ4n) is 2.55. The minimum atomic E-state index is -3.13. The minimum absolute atomic E-state index is 0.0205. The monoisotopic (exact) mass is 336 g/mol. The van der Waals surface area contributed by atoms with Crippen molar-refractivity contribution in [2.24, 2.45) is 0 Å². The lowest BCUT2D eigenvalue weighted by atomic mass is 10.1. The maximum Gasteiger partial charge on any atom is 0.204 e. The van der Waals surface area contributed by atoms with Gasteiger partial charge >= 0.3 is 0 Å². The summed E-state index contributed by atoms with van der Waals surface area (Å²) in [4.78, 5) is 0. The van der Waals surface area contributed by atoms with Crippen LogP contribution in [0.3, 0.4) is 0 Å². The number of unbranched alkanes of at least 4 members (excludes halogenated alkanes) is 5. The third kappa shape index (κ3) is 5.74. The molecule has 6 nitrogen and oxygen atoms in total. The van der Waals surface area contributed by atoms with Crippen molar-refractivity contribution in [3.8, 4) is 11.4 Å². The Balaban J connectivity index is 1.93. The zero-order valence-electron chi connectivity index (χ0n) is 13.5. The number of nitrogens with one attached hydrogen (secondary N) is 1. The molecule has 0 atom stereocenters. The van der Waals surface area contributed by atoms with Gasteiger partial charge in [0, 0.05) is 5.56 Å². The molecule has 0 fully saturated rings. The van der Waals surface area contributed by atoms with Crippen molar-refractivity contribution in [3.05, 3.63) is 29.8 Å². The van der Waals surface area contributed by atoms with Crippen LogP contribution >= 0.6 is 0 Å². The Labute approximate surface area is 137 Å². The number of rotatable bonds is 10. The number of tetrazole rings is 1. The summed E-state index contributed by atoms with van der Waals surface area (Å²) in [6.07, 6.45) is 6.44. The van der Waals surface area contributed by atoms with E-state index in [0.717, 1.165) is 24.8 Å². The second-order valence-electron chi connectivity index (χ2n) is 5.75. The molecule has 0 aliphatic heterocycles. The normalized spacial score (nSPS) is 11.7. The van der Waals surface area contributed by atoms with Crippen LogP contribution in [0.1, 0.15) is 51.0 Å². The summed E-state index contributed by atoms with van der Waals surface area (Å²) < 4.78 is 24.7. The van der Waals surface area contributed by atoms with E-state index in [4.69, 9.17) is 0 Å². The standard InChI is InChI=1S/C16H24N4O2S/c1-2-3-4-5-6-9-12-23(21,22)13-14-10-7-8-11-15(14)16-17-19-20-18-16/h7-8,10-11H,2-6,9,12-13H2,1H3,(H,17,18,19,20). The third-order valence-electron chi connectivity index (χ3n) is 3.79. The first kappa shape index (κ1) is 17.6. The van der Waals surface area contributed by atoms with Crippen LogP contribution in [0.5, 0.6) is 0 Å². The van der Waals surface area contributed by atoms with Crippen LogP contribution in [0.15, 0.2) is 24.3 Å². The molecule has 126 valence electrons. The molecule has 1 aromatic carbocycles. The highest BCUT2D eigenvalue weighted by molar-refractivity contribution is 7.90. The molecule has 0 aliphatic rings. The van der Waals surface area contributed by atoms with Gasteiger partial charge in [0.2, 0.25) is 5.82 Å². The maximum atomic E-state index is 12.3. The van der Waals surface area contributed by atoms with Crippen molar-refractivity contribution >= 4 is 9.84 Å². The predicted octanol–water partition coefficient (Wildman–Crippen LogP) is 3.14. The lowest BCUT2D eigenvalue weighted by Crippen LogP contribution is -2.10. The molecule has 0 unspecified atom stereocenters. The van der Waals surface area contributed by atoms with E-state index in [-0.39, 0.29) is 11.5 Å². The van der Waals surface area contributed by atoms with Gasteiger partial charge in [0.1, 0.15) is 0 Å².